The summed E-state index contributed by atoms with van der Waals surface area (Å²) in [6.45, 7) is 0.423. The average molecular weight is 337 g/mol. The van der Waals surface area contributed by atoms with Crippen LogP contribution >= 0.6 is 15.9 Å². The first-order valence-corrected chi connectivity index (χ1v) is 7.21. The fraction of sp³-hybridized carbons (Fsp3) is 0.267. The lowest BCUT2D eigenvalue weighted by molar-refractivity contribution is 0.0940. The number of aliphatic hydroxyl groups is 1. The van der Waals surface area contributed by atoms with E-state index in [0.29, 0.717) is 18.5 Å². The van der Waals surface area contributed by atoms with Gasteiger partial charge in [-0.25, -0.2) is 0 Å². The number of carbonyl (C=O) groups excluding carboxylic acids is 1. The summed E-state index contributed by atoms with van der Waals surface area (Å²) in [4.78, 5) is 12.0. The molecule has 1 atom stereocenters. The van der Waals surface area contributed by atoms with E-state index in [1.165, 1.54) is 0 Å². The first kappa shape index (κ1) is 14.8. The van der Waals surface area contributed by atoms with Crippen molar-refractivity contribution in [3.05, 3.63) is 58.3 Å². The Hall–Kier alpha value is -1.59. The molecule has 0 unspecified atom stereocenters. The van der Waals surface area contributed by atoms with E-state index >= 15 is 0 Å². The zero-order chi connectivity index (χ0) is 14.5. The van der Waals surface area contributed by atoms with Gasteiger partial charge in [-0.2, -0.15) is 0 Å². The number of aromatic nitrogens is 1. The van der Waals surface area contributed by atoms with Crippen molar-refractivity contribution in [3.63, 3.8) is 0 Å². The van der Waals surface area contributed by atoms with Gasteiger partial charge in [0.2, 0.25) is 0 Å². The summed E-state index contributed by atoms with van der Waals surface area (Å²) in [6.07, 6.45) is 1.79. The van der Waals surface area contributed by atoms with Crippen molar-refractivity contribution in [3.8, 4) is 0 Å². The van der Waals surface area contributed by atoms with Gasteiger partial charge >= 0.3 is 0 Å². The quantitative estimate of drug-likeness (QED) is 0.881. The molecule has 2 aromatic rings. The third-order valence-corrected chi connectivity index (χ3v) is 3.84. The van der Waals surface area contributed by atoms with Gasteiger partial charge in [0.25, 0.3) is 5.91 Å². The Balaban J connectivity index is 1.86. The van der Waals surface area contributed by atoms with Crippen LogP contribution in [0.2, 0.25) is 0 Å². The van der Waals surface area contributed by atoms with Crippen LogP contribution in [0.3, 0.4) is 0 Å². The largest absolute Gasteiger partial charge is 0.387 e. The molecule has 0 aliphatic carbocycles. The van der Waals surface area contributed by atoms with Crippen molar-refractivity contribution < 1.29 is 9.90 Å². The molecule has 0 bridgehead atoms. The van der Waals surface area contributed by atoms with Crippen LogP contribution in [0.1, 0.15) is 28.6 Å². The number of amides is 1. The molecule has 0 saturated carbocycles. The fourth-order valence-corrected chi connectivity index (χ4v) is 2.50. The molecule has 1 aromatic carbocycles. The standard InChI is InChI=1S/C15H17BrN2O2/c1-18-10-4-7-13(18)14(19)8-9-17-15(20)11-5-2-3-6-12(11)16/h2-7,10,14,19H,8-9H2,1H3,(H,17,20)/t14-/m1/s1. The maximum Gasteiger partial charge on any atom is 0.252 e. The van der Waals surface area contributed by atoms with Gasteiger partial charge in [0.1, 0.15) is 0 Å². The van der Waals surface area contributed by atoms with Crippen LogP contribution in [0.15, 0.2) is 47.1 Å². The minimum Gasteiger partial charge on any atom is -0.387 e. The van der Waals surface area contributed by atoms with Gasteiger partial charge in [0.15, 0.2) is 0 Å². The lowest BCUT2D eigenvalue weighted by Crippen LogP contribution is -2.26. The second-order valence-electron chi connectivity index (χ2n) is 4.58. The molecule has 1 heterocycles. The maximum absolute atomic E-state index is 12.0. The third-order valence-electron chi connectivity index (χ3n) is 3.15. The summed E-state index contributed by atoms with van der Waals surface area (Å²) < 4.78 is 2.64. The number of nitrogens with one attached hydrogen (secondary N) is 1. The smallest absolute Gasteiger partial charge is 0.252 e. The summed E-state index contributed by atoms with van der Waals surface area (Å²) in [5.41, 5.74) is 1.45. The topological polar surface area (TPSA) is 54.3 Å². The van der Waals surface area contributed by atoms with E-state index in [1.807, 2.05) is 48.1 Å². The van der Waals surface area contributed by atoms with Crippen molar-refractivity contribution in [2.75, 3.05) is 6.54 Å². The molecule has 1 amide bonds. The van der Waals surface area contributed by atoms with E-state index in [2.05, 4.69) is 21.2 Å². The summed E-state index contributed by atoms with van der Waals surface area (Å²) in [6, 6.07) is 11.0. The minimum absolute atomic E-state index is 0.142. The van der Waals surface area contributed by atoms with Crippen molar-refractivity contribution in [1.29, 1.82) is 0 Å². The van der Waals surface area contributed by atoms with Gasteiger partial charge in [0.05, 0.1) is 11.7 Å². The van der Waals surface area contributed by atoms with Crippen LogP contribution in [0.5, 0.6) is 0 Å². The van der Waals surface area contributed by atoms with Crippen LogP contribution < -0.4 is 5.32 Å². The highest BCUT2D eigenvalue weighted by Crippen LogP contribution is 2.17. The van der Waals surface area contributed by atoms with E-state index in [-0.39, 0.29) is 5.91 Å². The fourth-order valence-electron chi connectivity index (χ4n) is 2.03. The first-order valence-electron chi connectivity index (χ1n) is 6.41. The highest BCUT2D eigenvalue weighted by Gasteiger charge is 2.12. The molecule has 0 radical (unpaired) electrons. The van der Waals surface area contributed by atoms with Gasteiger partial charge in [-0.1, -0.05) is 12.1 Å². The molecular weight excluding hydrogens is 320 g/mol. The molecule has 0 aliphatic rings. The normalized spacial score (nSPS) is 12.2. The number of benzene rings is 1. The van der Waals surface area contributed by atoms with E-state index in [4.69, 9.17) is 0 Å². The second kappa shape index (κ2) is 6.72. The summed E-state index contributed by atoms with van der Waals surface area (Å²) in [5, 5.41) is 12.9. The van der Waals surface area contributed by atoms with Crippen LogP contribution in [-0.4, -0.2) is 22.1 Å². The Morgan fingerprint density at radius 1 is 1.35 bits per heavy atom. The molecule has 4 nitrogen and oxygen atoms in total. The molecule has 0 spiro atoms. The predicted molar refractivity (Wildman–Crippen MR) is 81.5 cm³/mol. The van der Waals surface area contributed by atoms with E-state index in [0.717, 1.165) is 10.2 Å². The lowest BCUT2D eigenvalue weighted by Gasteiger charge is -2.13. The SMILES string of the molecule is Cn1cccc1[C@H](O)CCNC(=O)c1ccccc1Br. The van der Waals surface area contributed by atoms with Crippen LogP contribution in [0.25, 0.3) is 0 Å². The number of aliphatic hydroxyl groups excluding tert-OH is 1. The van der Waals surface area contributed by atoms with Crippen molar-refractivity contribution >= 4 is 21.8 Å². The molecule has 5 heteroatoms. The monoisotopic (exact) mass is 336 g/mol. The van der Waals surface area contributed by atoms with Gasteiger partial charge in [0, 0.05) is 30.0 Å². The van der Waals surface area contributed by atoms with E-state index in [1.54, 1.807) is 6.07 Å². The third kappa shape index (κ3) is 3.49. The highest BCUT2D eigenvalue weighted by atomic mass is 79.9. The van der Waals surface area contributed by atoms with Gasteiger partial charge in [-0.05, 0) is 46.6 Å². The minimum atomic E-state index is -0.575. The van der Waals surface area contributed by atoms with Crippen molar-refractivity contribution in [1.82, 2.24) is 9.88 Å². The molecule has 2 rings (SSSR count). The molecular formula is C15H17BrN2O2. The van der Waals surface area contributed by atoms with Gasteiger partial charge < -0.3 is 15.0 Å². The van der Waals surface area contributed by atoms with Crippen LogP contribution in [0, 0.1) is 0 Å². The molecule has 0 saturated heterocycles. The highest BCUT2D eigenvalue weighted by molar-refractivity contribution is 9.10. The number of nitrogens with zero attached hydrogens (tertiary/aromatic N) is 1. The molecule has 106 valence electrons. The Bertz CT molecular complexity index is 595. The average Bonchev–Trinajstić information content (AvgIpc) is 2.85. The molecule has 20 heavy (non-hydrogen) atoms. The lowest BCUT2D eigenvalue weighted by atomic mass is 10.1. The number of aryl methyl sites for hydroxylation is 1. The Labute approximate surface area is 126 Å². The molecule has 2 N–H and O–H groups in total. The summed E-state index contributed by atoms with van der Waals surface area (Å²) in [7, 11) is 1.89. The predicted octanol–water partition coefficient (Wildman–Crippen LogP) is 2.64. The molecule has 0 fully saturated rings. The molecule has 1 aromatic heterocycles. The van der Waals surface area contributed by atoms with Crippen molar-refractivity contribution in [2.24, 2.45) is 7.05 Å². The van der Waals surface area contributed by atoms with Crippen LogP contribution in [0.4, 0.5) is 0 Å². The summed E-state index contributed by atoms with van der Waals surface area (Å²) >= 11 is 3.35. The Morgan fingerprint density at radius 2 is 2.10 bits per heavy atom. The number of rotatable bonds is 5. The number of halogens is 1. The number of hydrogen-bond acceptors (Lipinski definition) is 2. The van der Waals surface area contributed by atoms with E-state index < -0.39 is 6.10 Å². The zero-order valence-electron chi connectivity index (χ0n) is 11.2. The number of carbonyl (C=O) groups is 1. The molecule has 0 aliphatic heterocycles. The second-order valence-corrected chi connectivity index (χ2v) is 5.44. The Kier molecular flexibility index (Phi) is 4.98. The zero-order valence-corrected chi connectivity index (χ0v) is 12.8. The number of hydrogen-bond donors (Lipinski definition) is 2. The summed E-state index contributed by atoms with van der Waals surface area (Å²) in [5.74, 6) is -0.142. The first-order chi connectivity index (χ1) is 9.59. The van der Waals surface area contributed by atoms with Gasteiger partial charge in [-0.3, -0.25) is 4.79 Å². The van der Waals surface area contributed by atoms with Crippen LogP contribution in [-0.2, 0) is 7.05 Å². The maximum atomic E-state index is 12.0. The van der Waals surface area contributed by atoms with E-state index in [9.17, 15) is 9.90 Å². The van der Waals surface area contributed by atoms with Crippen molar-refractivity contribution in [2.45, 2.75) is 12.5 Å². The van der Waals surface area contributed by atoms with Gasteiger partial charge in [-0.15, -0.1) is 0 Å². The Morgan fingerprint density at radius 3 is 2.75 bits per heavy atom.